The molecule has 130 valence electrons. The zero-order valence-corrected chi connectivity index (χ0v) is 13.0. The highest BCUT2D eigenvalue weighted by atomic mass is 35.5. The number of halogens is 4. The Bertz CT molecular complexity index is 508. The molecule has 0 radical (unpaired) electrons. The standard InChI is InChI=1S/C14H17F3N2O3.ClH/c15-14(16,17)9-22-11-3-1-2-10(6-11)7-19-13(20)12-8-18-4-5-21-12;/h1-3,6,12,18H,4-5,7-9H2,(H,19,20);1H. The molecule has 0 bridgehead atoms. The van der Waals surface area contributed by atoms with Crippen molar-refractivity contribution < 1.29 is 27.4 Å². The van der Waals surface area contributed by atoms with Gasteiger partial charge in [0.25, 0.3) is 5.91 Å². The van der Waals surface area contributed by atoms with E-state index >= 15 is 0 Å². The Morgan fingerprint density at radius 1 is 1.43 bits per heavy atom. The van der Waals surface area contributed by atoms with Gasteiger partial charge < -0.3 is 20.1 Å². The molecule has 1 aromatic rings. The van der Waals surface area contributed by atoms with Gasteiger partial charge in [0, 0.05) is 19.6 Å². The van der Waals surface area contributed by atoms with E-state index in [-0.39, 0.29) is 30.6 Å². The summed E-state index contributed by atoms with van der Waals surface area (Å²) in [5.74, 6) is -0.145. The third kappa shape index (κ3) is 7.06. The smallest absolute Gasteiger partial charge is 0.422 e. The third-order valence-corrected chi connectivity index (χ3v) is 2.99. The highest BCUT2D eigenvalue weighted by Gasteiger charge is 2.28. The van der Waals surface area contributed by atoms with Gasteiger partial charge in [-0.05, 0) is 17.7 Å². The van der Waals surface area contributed by atoms with Crippen molar-refractivity contribution in [2.24, 2.45) is 0 Å². The van der Waals surface area contributed by atoms with E-state index in [1.807, 2.05) is 0 Å². The highest BCUT2D eigenvalue weighted by molar-refractivity contribution is 5.85. The lowest BCUT2D eigenvalue weighted by Gasteiger charge is -2.22. The Hall–Kier alpha value is -1.51. The SMILES string of the molecule is Cl.O=C(NCc1cccc(OCC(F)(F)F)c1)C1CNCCO1. The minimum Gasteiger partial charge on any atom is -0.484 e. The quantitative estimate of drug-likeness (QED) is 0.844. The van der Waals surface area contributed by atoms with E-state index in [2.05, 4.69) is 15.4 Å². The average molecular weight is 355 g/mol. The first-order valence-corrected chi connectivity index (χ1v) is 6.82. The summed E-state index contributed by atoms with van der Waals surface area (Å²) in [5, 5.41) is 5.73. The van der Waals surface area contributed by atoms with E-state index < -0.39 is 18.9 Å². The molecule has 0 spiro atoms. The second-order valence-corrected chi connectivity index (χ2v) is 4.83. The van der Waals surface area contributed by atoms with Gasteiger partial charge in [0.2, 0.25) is 0 Å². The second kappa shape index (κ2) is 8.95. The molecule has 1 aromatic carbocycles. The molecule has 1 atom stereocenters. The Morgan fingerprint density at radius 3 is 2.87 bits per heavy atom. The van der Waals surface area contributed by atoms with Gasteiger partial charge in [-0.15, -0.1) is 12.4 Å². The number of alkyl halides is 3. The van der Waals surface area contributed by atoms with Crippen LogP contribution >= 0.6 is 12.4 Å². The number of ether oxygens (including phenoxy) is 2. The molecule has 2 N–H and O–H groups in total. The normalized spacial score (nSPS) is 18.0. The number of rotatable bonds is 5. The van der Waals surface area contributed by atoms with Gasteiger partial charge in [-0.1, -0.05) is 12.1 Å². The third-order valence-electron chi connectivity index (χ3n) is 2.99. The maximum atomic E-state index is 12.1. The fourth-order valence-electron chi connectivity index (χ4n) is 1.95. The zero-order valence-electron chi connectivity index (χ0n) is 12.2. The maximum absolute atomic E-state index is 12.1. The first-order valence-electron chi connectivity index (χ1n) is 6.82. The molecule has 9 heteroatoms. The minimum atomic E-state index is -4.38. The van der Waals surface area contributed by atoms with Gasteiger partial charge in [-0.25, -0.2) is 0 Å². The lowest BCUT2D eigenvalue weighted by atomic mass is 10.2. The van der Waals surface area contributed by atoms with Crippen LogP contribution in [-0.2, 0) is 16.1 Å². The molecule has 2 rings (SSSR count). The molecule has 1 saturated heterocycles. The van der Waals surface area contributed by atoms with Crippen LogP contribution in [0.25, 0.3) is 0 Å². The summed E-state index contributed by atoms with van der Waals surface area (Å²) >= 11 is 0. The van der Waals surface area contributed by atoms with Crippen LogP contribution in [0.3, 0.4) is 0 Å². The number of carbonyl (C=O) groups excluding carboxylic acids is 1. The Morgan fingerprint density at radius 2 is 2.22 bits per heavy atom. The number of hydrogen-bond donors (Lipinski definition) is 2. The Labute approximate surface area is 137 Å². The molecule has 1 unspecified atom stereocenters. The molecule has 5 nitrogen and oxygen atoms in total. The zero-order chi connectivity index (χ0) is 16.0. The first kappa shape index (κ1) is 19.5. The maximum Gasteiger partial charge on any atom is 0.422 e. The van der Waals surface area contributed by atoms with Crippen molar-refractivity contribution in [3.63, 3.8) is 0 Å². The summed E-state index contributed by atoms with van der Waals surface area (Å²) in [7, 11) is 0. The van der Waals surface area contributed by atoms with Crippen LogP contribution in [0.2, 0.25) is 0 Å². The fraction of sp³-hybridized carbons (Fsp3) is 0.500. The van der Waals surface area contributed by atoms with Gasteiger partial charge in [0.15, 0.2) is 6.61 Å². The van der Waals surface area contributed by atoms with Gasteiger partial charge in [0.05, 0.1) is 6.61 Å². The topological polar surface area (TPSA) is 59.6 Å². The van der Waals surface area contributed by atoms with Gasteiger partial charge >= 0.3 is 6.18 Å². The van der Waals surface area contributed by atoms with Crippen molar-refractivity contribution in [1.82, 2.24) is 10.6 Å². The highest BCUT2D eigenvalue weighted by Crippen LogP contribution is 2.19. The van der Waals surface area contributed by atoms with Crippen molar-refractivity contribution in [3.05, 3.63) is 29.8 Å². The summed E-state index contributed by atoms with van der Waals surface area (Å²) in [6.45, 7) is 0.480. The predicted octanol–water partition coefficient (Wildman–Crippen LogP) is 1.65. The lowest BCUT2D eigenvalue weighted by molar-refractivity contribution is -0.153. The van der Waals surface area contributed by atoms with E-state index in [4.69, 9.17) is 4.74 Å². The summed E-state index contributed by atoms with van der Waals surface area (Å²) in [6, 6.07) is 6.17. The van der Waals surface area contributed by atoms with Crippen molar-refractivity contribution in [2.75, 3.05) is 26.3 Å². The molecule has 1 aliphatic rings. The monoisotopic (exact) mass is 354 g/mol. The Kier molecular flexibility index (Phi) is 7.60. The molecule has 1 amide bonds. The van der Waals surface area contributed by atoms with E-state index in [1.165, 1.54) is 12.1 Å². The largest absolute Gasteiger partial charge is 0.484 e. The Balaban J connectivity index is 0.00000264. The fourth-order valence-corrected chi connectivity index (χ4v) is 1.95. The first-order chi connectivity index (χ1) is 10.4. The molecule has 23 heavy (non-hydrogen) atoms. The van der Waals surface area contributed by atoms with Gasteiger partial charge in [-0.2, -0.15) is 13.2 Å². The van der Waals surface area contributed by atoms with E-state index in [9.17, 15) is 18.0 Å². The molecule has 1 heterocycles. The number of carbonyl (C=O) groups is 1. The summed E-state index contributed by atoms with van der Waals surface area (Å²) < 4.78 is 46.3. The number of amides is 1. The van der Waals surface area contributed by atoms with Crippen molar-refractivity contribution in [3.8, 4) is 5.75 Å². The summed E-state index contributed by atoms with van der Waals surface area (Å²) in [5.41, 5.74) is 0.650. The van der Waals surface area contributed by atoms with Crippen molar-refractivity contribution in [2.45, 2.75) is 18.8 Å². The second-order valence-electron chi connectivity index (χ2n) is 4.83. The van der Waals surface area contributed by atoms with E-state index in [0.717, 1.165) is 0 Å². The minimum absolute atomic E-state index is 0. The predicted molar refractivity (Wildman–Crippen MR) is 79.7 cm³/mol. The molecule has 0 aromatic heterocycles. The summed E-state index contributed by atoms with van der Waals surface area (Å²) in [4.78, 5) is 11.9. The van der Waals surface area contributed by atoms with Crippen LogP contribution in [-0.4, -0.2) is 44.5 Å². The molecule has 1 fully saturated rings. The van der Waals surface area contributed by atoms with Crippen LogP contribution in [0, 0.1) is 0 Å². The number of benzene rings is 1. The molecule has 0 saturated carbocycles. The van der Waals surface area contributed by atoms with Crippen molar-refractivity contribution in [1.29, 1.82) is 0 Å². The van der Waals surface area contributed by atoms with Gasteiger partial charge in [-0.3, -0.25) is 4.79 Å². The number of morpholine rings is 1. The van der Waals surface area contributed by atoms with Crippen LogP contribution in [0.15, 0.2) is 24.3 Å². The van der Waals surface area contributed by atoms with Gasteiger partial charge in [0.1, 0.15) is 11.9 Å². The van der Waals surface area contributed by atoms with E-state index in [0.29, 0.717) is 25.3 Å². The van der Waals surface area contributed by atoms with Crippen molar-refractivity contribution >= 4 is 18.3 Å². The van der Waals surface area contributed by atoms with Crippen LogP contribution in [0.1, 0.15) is 5.56 Å². The molecular weight excluding hydrogens is 337 g/mol. The lowest BCUT2D eigenvalue weighted by Crippen LogP contribution is -2.47. The average Bonchev–Trinajstić information content (AvgIpc) is 2.51. The molecule has 0 aliphatic carbocycles. The molecular formula is C14H18ClF3N2O3. The summed E-state index contributed by atoms with van der Waals surface area (Å²) in [6.07, 6.45) is -4.92. The number of hydrogen-bond acceptors (Lipinski definition) is 4. The van der Waals surface area contributed by atoms with Crippen LogP contribution in [0.4, 0.5) is 13.2 Å². The molecule has 1 aliphatic heterocycles. The van der Waals surface area contributed by atoms with E-state index in [1.54, 1.807) is 12.1 Å². The van der Waals surface area contributed by atoms with Crippen LogP contribution < -0.4 is 15.4 Å². The van der Waals surface area contributed by atoms with Crippen LogP contribution in [0.5, 0.6) is 5.75 Å². The number of nitrogens with one attached hydrogen (secondary N) is 2.